The van der Waals surface area contributed by atoms with Crippen molar-refractivity contribution in [3.63, 3.8) is 0 Å². The second-order valence-electron chi connectivity index (χ2n) is 8.80. The molecule has 0 aliphatic carbocycles. The van der Waals surface area contributed by atoms with Gasteiger partial charge in [0.15, 0.2) is 0 Å². The zero-order valence-corrected chi connectivity index (χ0v) is 22.4. The lowest BCUT2D eigenvalue weighted by atomic mass is 10.0. The van der Waals surface area contributed by atoms with Crippen LogP contribution in [0.4, 0.5) is 5.69 Å². The number of hydrogen-bond donors (Lipinski definition) is 1. The summed E-state index contributed by atoms with van der Waals surface area (Å²) in [6.45, 7) is 1.63. The van der Waals surface area contributed by atoms with E-state index >= 15 is 0 Å². The molecule has 0 aromatic heterocycles. The monoisotopic (exact) mass is 523 g/mol. The Morgan fingerprint density at radius 2 is 1.59 bits per heavy atom. The van der Waals surface area contributed by atoms with Crippen molar-refractivity contribution >= 4 is 27.5 Å². The number of amides is 2. The maximum Gasteiger partial charge on any atom is 0.244 e. The Bertz CT molecular complexity index is 1310. The molecule has 0 saturated carbocycles. The molecule has 0 aliphatic rings. The summed E-state index contributed by atoms with van der Waals surface area (Å²) in [5.41, 5.74) is 3.06. The summed E-state index contributed by atoms with van der Waals surface area (Å²) in [4.78, 5) is 28.4. The molecule has 8 nitrogen and oxygen atoms in total. The highest BCUT2D eigenvalue weighted by molar-refractivity contribution is 7.92. The molecule has 37 heavy (non-hydrogen) atoms. The second-order valence-corrected chi connectivity index (χ2v) is 10.7. The topological polar surface area (TPSA) is 96.0 Å². The molecule has 0 fully saturated rings. The van der Waals surface area contributed by atoms with Gasteiger partial charge in [-0.15, -0.1) is 0 Å². The molecule has 0 radical (unpaired) electrons. The zero-order chi connectivity index (χ0) is 27.0. The molecular formula is C28H33N3O5S. The lowest BCUT2D eigenvalue weighted by molar-refractivity contribution is -0.139. The number of hydrogen-bond acceptors (Lipinski definition) is 5. The van der Waals surface area contributed by atoms with Crippen LogP contribution in [-0.2, 0) is 32.6 Å². The lowest BCUT2D eigenvalue weighted by Gasteiger charge is -2.33. The van der Waals surface area contributed by atoms with Gasteiger partial charge in [-0.25, -0.2) is 8.42 Å². The number of rotatable bonds is 11. The highest BCUT2D eigenvalue weighted by Gasteiger charge is 2.32. The molecule has 2 amide bonds. The molecule has 1 atom stereocenters. The molecule has 3 aromatic rings. The number of sulfonamides is 1. The third kappa shape index (κ3) is 7.57. The highest BCUT2D eigenvalue weighted by Crippen LogP contribution is 2.23. The summed E-state index contributed by atoms with van der Waals surface area (Å²) in [7, 11) is -0.772. The lowest BCUT2D eigenvalue weighted by Crippen LogP contribution is -2.52. The average Bonchev–Trinajstić information content (AvgIpc) is 2.88. The summed E-state index contributed by atoms with van der Waals surface area (Å²) in [5.74, 6) is -0.264. The summed E-state index contributed by atoms with van der Waals surface area (Å²) in [6.07, 6.45) is 1.33. The predicted molar refractivity (Wildman–Crippen MR) is 145 cm³/mol. The summed E-state index contributed by atoms with van der Waals surface area (Å²) < 4.78 is 31.7. The van der Waals surface area contributed by atoms with E-state index in [9.17, 15) is 18.0 Å². The van der Waals surface area contributed by atoms with Crippen LogP contribution in [-0.4, -0.2) is 58.1 Å². The molecule has 1 N–H and O–H groups in total. The van der Waals surface area contributed by atoms with E-state index in [4.69, 9.17) is 4.74 Å². The Morgan fingerprint density at radius 1 is 0.946 bits per heavy atom. The molecule has 3 rings (SSSR count). The van der Waals surface area contributed by atoms with Crippen molar-refractivity contribution in [1.82, 2.24) is 10.2 Å². The first-order valence-corrected chi connectivity index (χ1v) is 13.7. The van der Waals surface area contributed by atoms with E-state index in [1.54, 1.807) is 24.3 Å². The van der Waals surface area contributed by atoms with Gasteiger partial charge in [0.2, 0.25) is 21.8 Å². The van der Waals surface area contributed by atoms with Gasteiger partial charge in [0.25, 0.3) is 0 Å². The molecule has 0 aliphatic heterocycles. The van der Waals surface area contributed by atoms with Gasteiger partial charge in [-0.05, 0) is 42.3 Å². The van der Waals surface area contributed by atoms with E-state index in [1.807, 2.05) is 61.5 Å². The number of nitrogens with one attached hydrogen (secondary N) is 1. The molecule has 0 heterocycles. The normalized spacial score (nSPS) is 11.9. The van der Waals surface area contributed by atoms with Crippen molar-refractivity contribution in [3.8, 4) is 5.75 Å². The molecule has 0 spiro atoms. The van der Waals surface area contributed by atoms with Crippen LogP contribution in [0.25, 0.3) is 0 Å². The van der Waals surface area contributed by atoms with Crippen LogP contribution in [0.1, 0.15) is 16.7 Å². The van der Waals surface area contributed by atoms with Crippen LogP contribution in [0.15, 0.2) is 78.9 Å². The fraction of sp³-hybridized carbons (Fsp3) is 0.286. The van der Waals surface area contributed by atoms with Gasteiger partial charge in [0.1, 0.15) is 18.3 Å². The van der Waals surface area contributed by atoms with Crippen LogP contribution >= 0.6 is 0 Å². The zero-order valence-electron chi connectivity index (χ0n) is 21.5. The smallest absolute Gasteiger partial charge is 0.244 e. The summed E-state index contributed by atoms with van der Waals surface area (Å²) in [5, 5.41) is 2.67. The number of carbonyl (C=O) groups excluding carboxylic acids is 2. The maximum atomic E-state index is 13.9. The van der Waals surface area contributed by atoms with Gasteiger partial charge in [0.05, 0.1) is 19.1 Å². The predicted octanol–water partition coefficient (Wildman–Crippen LogP) is 3.16. The number of likely N-dealkylation sites (N-methyl/N-ethyl adjacent to an activating group) is 1. The van der Waals surface area contributed by atoms with E-state index in [1.165, 1.54) is 19.1 Å². The average molecular weight is 524 g/mol. The molecule has 9 heteroatoms. The number of methoxy groups -OCH3 is 1. The van der Waals surface area contributed by atoms with E-state index in [0.29, 0.717) is 11.4 Å². The first-order valence-electron chi connectivity index (χ1n) is 11.8. The van der Waals surface area contributed by atoms with E-state index < -0.39 is 28.5 Å². The molecule has 1 unspecified atom stereocenters. The highest BCUT2D eigenvalue weighted by atomic mass is 32.2. The molecule has 0 saturated heterocycles. The number of nitrogens with zero attached hydrogens (tertiary/aromatic N) is 2. The Balaban J connectivity index is 2.01. The van der Waals surface area contributed by atoms with Gasteiger partial charge >= 0.3 is 0 Å². The fourth-order valence-electron chi connectivity index (χ4n) is 4.09. The third-order valence-electron chi connectivity index (χ3n) is 5.99. The molecule has 196 valence electrons. The first kappa shape index (κ1) is 27.7. The number of ether oxygens (including phenoxy) is 1. The Hall–Kier alpha value is -3.85. The number of benzene rings is 3. The fourth-order valence-corrected chi connectivity index (χ4v) is 4.94. The molecule has 0 bridgehead atoms. The number of aryl methyl sites for hydroxylation is 1. The SMILES string of the molecule is CNC(=O)C(Cc1ccccc1)N(Cc1cccc(C)c1)C(=O)CN(c1ccc(OC)cc1)S(C)(=O)=O. The minimum atomic E-state index is -3.81. The quantitative estimate of drug-likeness (QED) is 0.417. The molecular weight excluding hydrogens is 490 g/mol. The van der Waals surface area contributed by atoms with Gasteiger partial charge in [0, 0.05) is 20.0 Å². The van der Waals surface area contributed by atoms with Crippen molar-refractivity contribution in [2.24, 2.45) is 0 Å². The maximum absolute atomic E-state index is 13.9. The van der Waals surface area contributed by atoms with Crippen LogP contribution in [0, 0.1) is 6.92 Å². The summed E-state index contributed by atoms with van der Waals surface area (Å²) in [6, 6.07) is 22.7. The van der Waals surface area contributed by atoms with Crippen molar-refractivity contribution in [2.45, 2.75) is 25.9 Å². The minimum Gasteiger partial charge on any atom is -0.497 e. The van der Waals surface area contributed by atoms with Gasteiger partial charge in [-0.1, -0.05) is 60.2 Å². The van der Waals surface area contributed by atoms with Crippen LogP contribution in [0.2, 0.25) is 0 Å². The van der Waals surface area contributed by atoms with Gasteiger partial charge in [-0.3, -0.25) is 13.9 Å². The van der Waals surface area contributed by atoms with E-state index in [2.05, 4.69) is 5.32 Å². The standard InChI is InChI=1S/C28H33N3O5S/c1-21-9-8-12-23(17-21)19-30(26(28(33)29-2)18-22-10-6-5-7-11-22)27(32)20-31(37(4,34)35)24-13-15-25(36-3)16-14-24/h5-17,26H,18-20H2,1-4H3,(H,29,33). The van der Waals surface area contributed by atoms with Crippen molar-refractivity contribution in [2.75, 3.05) is 31.3 Å². The second kappa shape index (κ2) is 12.4. The van der Waals surface area contributed by atoms with Crippen LogP contribution in [0.3, 0.4) is 0 Å². The minimum absolute atomic E-state index is 0.144. The number of carbonyl (C=O) groups is 2. The van der Waals surface area contributed by atoms with Crippen LogP contribution < -0.4 is 14.4 Å². The van der Waals surface area contributed by atoms with Crippen molar-refractivity contribution in [3.05, 3.63) is 95.6 Å². The Morgan fingerprint density at radius 3 is 2.16 bits per heavy atom. The van der Waals surface area contributed by atoms with E-state index in [0.717, 1.165) is 27.3 Å². The van der Waals surface area contributed by atoms with Gasteiger partial charge in [-0.2, -0.15) is 0 Å². The Labute approximate surface area is 218 Å². The van der Waals surface area contributed by atoms with Crippen molar-refractivity contribution < 1.29 is 22.7 Å². The van der Waals surface area contributed by atoms with Crippen LogP contribution in [0.5, 0.6) is 5.75 Å². The van der Waals surface area contributed by atoms with E-state index in [-0.39, 0.29) is 18.9 Å². The van der Waals surface area contributed by atoms with Crippen molar-refractivity contribution in [1.29, 1.82) is 0 Å². The summed E-state index contributed by atoms with van der Waals surface area (Å²) >= 11 is 0. The first-order chi connectivity index (χ1) is 17.6. The number of anilines is 1. The Kier molecular flexibility index (Phi) is 9.30. The van der Waals surface area contributed by atoms with Gasteiger partial charge < -0.3 is 15.0 Å². The molecule has 3 aromatic carbocycles. The largest absolute Gasteiger partial charge is 0.497 e. The third-order valence-corrected chi connectivity index (χ3v) is 7.13.